The highest BCUT2D eigenvalue weighted by atomic mass is 16.4. The molecule has 3 N–H and O–H groups in total. The predicted octanol–water partition coefficient (Wildman–Crippen LogP) is 1.17. The molecule has 1 saturated carbocycles. The van der Waals surface area contributed by atoms with E-state index < -0.39 is 0 Å². The highest BCUT2D eigenvalue weighted by Gasteiger charge is 2.24. The number of hydrogen-bond donors (Lipinski definition) is 2. The van der Waals surface area contributed by atoms with Gasteiger partial charge in [0.05, 0.1) is 0 Å². The first-order valence-electron chi connectivity index (χ1n) is 5.57. The summed E-state index contributed by atoms with van der Waals surface area (Å²) in [5.74, 6) is 1.51. The summed E-state index contributed by atoms with van der Waals surface area (Å²) in [4.78, 5) is 0. The van der Waals surface area contributed by atoms with E-state index in [1.54, 1.807) is 0 Å². The van der Waals surface area contributed by atoms with Gasteiger partial charge in [-0.3, -0.25) is 0 Å². The van der Waals surface area contributed by atoms with E-state index in [0.29, 0.717) is 30.9 Å². The number of anilines is 1. The smallest absolute Gasteiger partial charge is 0.315 e. The van der Waals surface area contributed by atoms with Gasteiger partial charge in [-0.25, -0.2) is 0 Å². The fourth-order valence-electron chi connectivity index (χ4n) is 1.66. The molecule has 0 aliphatic heterocycles. The maximum absolute atomic E-state index is 5.40. The van der Waals surface area contributed by atoms with Crippen molar-refractivity contribution in [2.45, 2.75) is 38.6 Å². The standard InChI is InChI=1S/C10H18N4O/c1-7(6-8-2-3-8)12-10-14-13-9(15-10)4-5-11/h7-8H,2-6,11H2,1H3,(H,12,14). The van der Waals surface area contributed by atoms with E-state index in [0.717, 1.165) is 5.92 Å². The minimum atomic E-state index is 0.406. The minimum Gasteiger partial charge on any atom is -0.408 e. The Morgan fingerprint density at radius 1 is 1.53 bits per heavy atom. The molecule has 5 nitrogen and oxygen atoms in total. The molecular formula is C10H18N4O. The van der Waals surface area contributed by atoms with Gasteiger partial charge in [0, 0.05) is 19.0 Å². The van der Waals surface area contributed by atoms with E-state index in [2.05, 4.69) is 22.4 Å². The molecule has 0 aromatic carbocycles. The molecule has 1 fully saturated rings. The average molecular weight is 210 g/mol. The van der Waals surface area contributed by atoms with Crippen molar-refractivity contribution in [2.24, 2.45) is 11.7 Å². The van der Waals surface area contributed by atoms with Crippen LogP contribution in [0.5, 0.6) is 0 Å². The van der Waals surface area contributed by atoms with Gasteiger partial charge in [0.15, 0.2) is 0 Å². The second-order valence-corrected chi connectivity index (χ2v) is 4.26. The Morgan fingerprint density at radius 2 is 2.33 bits per heavy atom. The number of nitrogens with one attached hydrogen (secondary N) is 1. The monoisotopic (exact) mass is 210 g/mol. The van der Waals surface area contributed by atoms with Crippen molar-refractivity contribution in [3.05, 3.63) is 5.89 Å². The summed E-state index contributed by atoms with van der Waals surface area (Å²) >= 11 is 0. The van der Waals surface area contributed by atoms with E-state index in [9.17, 15) is 0 Å². The number of nitrogens with zero attached hydrogens (tertiary/aromatic N) is 2. The fourth-order valence-corrected chi connectivity index (χ4v) is 1.66. The van der Waals surface area contributed by atoms with E-state index in [1.807, 2.05) is 0 Å². The molecule has 15 heavy (non-hydrogen) atoms. The summed E-state index contributed by atoms with van der Waals surface area (Å²) in [6.45, 7) is 2.68. The second-order valence-electron chi connectivity index (χ2n) is 4.26. The summed E-state index contributed by atoms with van der Waals surface area (Å²) in [7, 11) is 0. The Labute approximate surface area is 89.4 Å². The van der Waals surface area contributed by atoms with Gasteiger partial charge >= 0.3 is 6.01 Å². The van der Waals surface area contributed by atoms with Gasteiger partial charge < -0.3 is 15.5 Å². The van der Waals surface area contributed by atoms with Crippen molar-refractivity contribution in [1.29, 1.82) is 0 Å². The molecule has 5 heteroatoms. The molecule has 0 saturated heterocycles. The Kier molecular flexibility index (Phi) is 3.20. The van der Waals surface area contributed by atoms with Crippen LogP contribution in [0.4, 0.5) is 6.01 Å². The summed E-state index contributed by atoms with van der Waals surface area (Å²) < 4.78 is 5.38. The lowest BCUT2D eigenvalue weighted by atomic mass is 10.2. The molecule has 84 valence electrons. The molecule has 0 bridgehead atoms. The maximum Gasteiger partial charge on any atom is 0.315 e. The first-order valence-corrected chi connectivity index (χ1v) is 5.57. The van der Waals surface area contributed by atoms with E-state index in [-0.39, 0.29) is 0 Å². The average Bonchev–Trinajstić information content (AvgIpc) is 2.88. The van der Waals surface area contributed by atoms with Crippen LogP contribution >= 0.6 is 0 Å². The molecule has 0 amide bonds. The van der Waals surface area contributed by atoms with Crippen molar-refractivity contribution in [2.75, 3.05) is 11.9 Å². The fraction of sp³-hybridized carbons (Fsp3) is 0.800. The largest absolute Gasteiger partial charge is 0.408 e. The molecule has 1 atom stereocenters. The second kappa shape index (κ2) is 4.61. The molecule has 0 radical (unpaired) electrons. The lowest BCUT2D eigenvalue weighted by molar-refractivity contribution is 0.496. The van der Waals surface area contributed by atoms with Crippen molar-refractivity contribution < 1.29 is 4.42 Å². The van der Waals surface area contributed by atoms with Crippen LogP contribution in [-0.2, 0) is 6.42 Å². The van der Waals surface area contributed by atoms with Gasteiger partial charge in [-0.05, 0) is 19.3 Å². The number of hydrogen-bond acceptors (Lipinski definition) is 5. The Balaban J connectivity index is 1.80. The summed E-state index contributed by atoms with van der Waals surface area (Å²) in [5, 5.41) is 11.0. The Bertz CT molecular complexity index is 308. The number of aromatic nitrogens is 2. The van der Waals surface area contributed by atoms with Crippen molar-refractivity contribution in [1.82, 2.24) is 10.2 Å². The maximum atomic E-state index is 5.40. The third kappa shape index (κ3) is 3.20. The molecule has 2 rings (SSSR count). The molecule has 1 heterocycles. The SMILES string of the molecule is CC(CC1CC1)Nc1nnc(CCN)o1. The molecule has 1 aliphatic carbocycles. The molecule has 0 spiro atoms. The van der Waals surface area contributed by atoms with Crippen LogP contribution in [0.1, 0.15) is 32.1 Å². The predicted molar refractivity (Wildman–Crippen MR) is 57.5 cm³/mol. The number of nitrogens with two attached hydrogens (primary N) is 1. The quantitative estimate of drug-likeness (QED) is 0.737. The molecule has 1 unspecified atom stereocenters. The van der Waals surface area contributed by atoms with Crippen molar-refractivity contribution in [3.63, 3.8) is 0 Å². The number of rotatable bonds is 6. The van der Waals surface area contributed by atoms with Crippen LogP contribution in [0.15, 0.2) is 4.42 Å². The molecule has 1 aromatic rings. The topological polar surface area (TPSA) is 77.0 Å². The molecule has 1 aromatic heterocycles. The van der Waals surface area contributed by atoms with Crippen molar-refractivity contribution >= 4 is 6.01 Å². The lowest BCUT2D eigenvalue weighted by Crippen LogP contribution is -2.15. The normalized spacial score (nSPS) is 17.7. The highest BCUT2D eigenvalue weighted by Crippen LogP contribution is 2.33. The summed E-state index contributed by atoms with van der Waals surface area (Å²) in [5.41, 5.74) is 5.40. The van der Waals surface area contributed by atoms with Crippen molar-refractivity contribution in [3.8, 4) is 0 Å². The first kappa shape index (κ1) is 10.4. The third-order valence-electron chi connectivity index (χ3n) is 2.58. The van der Waals surface area contributed by atoms with Gasteiger partial charge in [-0.1, -0.05) is 17.9 Å². The van der Waals surface area contributed by atoms with Gasteiger partial charge in [0.1, 0.15) is 0 Å². The summed E-state index contributed by atoms with van der Waals surface area (Å²) in [6.07, 6.45) is 4.57. The third-order valence-corrected chi connectivity index (χ3v) is 2.58. The van der Waals surface area contributed by atoms with Crippen LogP contribution in [0.2, 0.25) is 0 Å². The lowest BCUT2D eigenvalue weighted by Gasteiger charge is -2.09. The van der Waals surface area contributed by atoms with E-state index >= 15 is 0 Å². The van der Waals surface area contributed by atoms with Crippen LogP contribution < -0.4 is 11.1 Å². The van der Waals surface area contributed by atoms with Crippen LogP contribution in [0, 0.1) is 5.92 Å². The Morgan fingerprint density at radius 3 is 3.00 bits per heavy atom. The van der Waals surface area contributed by atoms with Gasteiger partial charge in [-0.15, -0.1) is 5.10 Å². The van der Waals surface area contributed by atoms with Crippen LogP contribution in [0.3, 0.4) is 0 Å². The van der Waals surface area contributed by atoms with E-state index in [1.165, 1.54) is 19.3 Å². The zero-order valence-electron chi connectivity index (χ0n) is 9.07. The molecular weight excluding hydrogens is 192 g/mol. The van der Waals surface area contributed by atoms with E-state index in [4.69, 9.17) is 10.2 Å². The summed E-state index contributed by atoms with van der Waals surface area (Å²) in [6, 6.07) is 0.926. The minimum absolute atomic E-state index is 0.406. The first-order chi connectivity index (χ1) is 7.28. The van der Waals surface area contributed by atoms with Gasteiger partial charge in [0.25, 0.3) is 0 Å². The zero-order valence-corrected chi connectivity index (χ0v) is 9.07. The van der Waals surface area contributed by atoms with Gasteiger partial charge in [-0.2, -0.15) is 0 Å². The van der Waals surface area contributed by atoms with Gasteiger partial charge in [0.2, 0.25) is 5.89 Å². The zero-order chi connectivity index (χ0) is 10.7. The molecule has 1 aliphatic rings. The highest BCUT2D eigenvalue weighted by molar-refractivity contribution is 5.19. The Hall–Kier alpha value is -1.10. The van der Waals surface area contributed by atoms with Crippen LogP contribution in [0.25, 0.3) is 0 Å². The van der Waals surface area contributed by atoms with Crippen LogP contribution in [-0.4, -0.2) is 22.8 Å².